The van der Waals surface area contributed by atoms with E-state index in [1.165, 1.54) is 4.90 Å². The lowest BCUT2D eigenvalue weighted by Crippen LogP contribution is -2.51. The van der Waals surface area contributed by atoms with Crippen LogP contribution in [-0.4, -0.2) is 44.9 Å². The fourth-order valence-corrected chi connectivity index (χ4v) is 1.87. The molecule has 1 aliphatic heterocycles. The molecule has 8 heteroatoms. The van der Waals surface area contributed by atoms with Crippen LogP contribution in [0, 0.1) is 5.92 Å². The summed E-state index contributed by atoms with van der Waals surface area (Å²) in [4.78, 5) is 49.9. The van der Waals surface area contributed by atoms with Crippen LogP contribution in [0.2, 0.25) is 0 Å². The van der Waals surface area contributed by atoms with Crippen molar-refractivity contribution in [3.8, 4) is 0 Å². The molecule has 1 fully saturated rings. The number of hydrogen-bond donors (Lipinski definition) is 3. The van der Waals surface area contributed by atoms with Crippen LogP contribution in [0.25, 0.3) is 0 Å². The third kappa shape index (κ3) is 2.47. The number of hydrogen-bond acceptors (Lipinski definition) is 4. The lowest BCUT2D eigenvalue weighted by atomic mass is 9.96. The van der Waals surface area contributed by atoms with Gasteiger partial charge in [-0.25, -0.2) is 4.79 Å². The van der Waals surface area contributed by atoms with Crippen LogP contribution in [0.4, 0.5) is 0 Å². The average molecular weight is 253 g/mol. The van der Waals surface area contributed by atoms with E-state index in [2.05, 4.69) is 4.98 Å². The molecule has 18 heavy (non-hydrogen) atoms. The van der Waals surface area contributed by atoms with Gasteiger partial charge in [0.2, 0.25) is 0 Å². The van der Waals surface area contributed by atoms with Crippen LogP contribution in [0.1, 0.15) is 16.9 Å². The van der Waals surface area contributed by atoms with E-state index in [1.807, 2.05) is 4.98 Å². The zero-order valence-electron chi connectivity index (χ0n) is 9.30. The van der Waals surface area contributed by atoms with Gasteiger partial charge in [-0.2, -0.15) is 0 Å². The number of aliphatic carboxylic acids is 1. The minimum Gasteiger partial charge on any atom is -0.481 e. The molecule has 8 nitrogen and oxygen atoms in total. The predicted molar refractivity (Wildman–Crippen MR) is 59.3 cm³/mol. The molecule has 0 atom stereocenters. The number of nitrogens with one attached hydrogen (secondary N) is 2. The first-order valence-electron chi connectivity index (χ1n) is 5.30. The fourth-order valence-electron chi connectivity index (χ4n) is 1.87. The molecule has 0 saturated carbocycles. The van der Waals surface area contributed by atoms with Crippen molar-refractivity contribution in [3.63, 3.8) is 0 Å². The van der Waals surface area contributed by atoms with Crippen LogP contribution >= 0.6 is 0 Å². The van der Waals surface area contributed by atoms with Crippen molar-refractivity contribution in [3.05, 3.63) is 32.6 Å². The minimum atomic E-state index is -0.906. The van der Waals surface area contributed by atoms with Crippen LogP contribution < -0.4 is 11.2 Å². The molecule has 2 rings (SSSR count). The van der Waals surface area contributed by atoms with Crippen molar-refractivity contribution in [2.45, 2.75) is 6.42 Å². The lowest BCUT2D eigenvalue weighted by molar-refractivity contribution is -0.139. The summed E-state index contributed by atoms with van der Waals surface area (Å²) in [5.74, 6) is -1.45. The number of carboxylic acid groups (broad SMARTS) is 1. The zero-order valence-corrected chi connectivity index (χ0v) is 9.30. The van der Waals surface area contributed by atoms with Gasteiger partial charge in [0, 0.05) is 25.1 Å². The predicted octanol–water partition coefficient (Wildman–Crippen LogP) is -1.39. The largest absolute Gasteiger partial charge is 0.481 e. The Labute approximate surface area is 100 Å². The number of carbonyl (C=O) groups is 2. The van der Waals surface area contributed by atoms with E-state index in [1.54, 1.807) is 0 Å². The van der Waals surface area contributed by atoms with Gasteiger partial charge in [-0.15, -0.1) is 0 Å². The molecule has 0 radical (unpaired) electrons. The summed E-state index contributed by atoms with van der Waals surface area (Å²) in [6, 6.07) is 1.01. The number of rotatable bonds is 3. The molecule has 3 N–H and O–H groups in total. The second-order valence-corrected chi connectivity index (χ2v) is 4.18. The Morgan fingerprint density at radius 2 is 2.00 bits per heavy atom. The molecule has 1 aliphatic rings. The highest BCUT2D eigenvalue weighted by Gasteiger charge is 2.32. The van der Waals surface area contributed by atoms with E-state index in [-0.39, 0.29) is 18.0 Å². The molecular formula is C10H11N3O5. The Bertz CT molecular complexity index is 568. The molecular weight excluding hydrogens is 242 g/mol. The van der Waals surface area contributed by atoms with E-state index in [0.717, 1.165) is 6.07 Å². The number of aromatic amines is 2. The number of H-pyrrole nitrogens is 2. The quantitative estimate of drug-likeness (QED) is 0.612. The number of amides is 1. The zero-order chi connectivity index (χ0) is 13.3. The minimum absolute atomic E-state index is 0.00960. The van der Waals surface area contributed by atoms with Gasteiger partial charge in [-0.05, 0) is 0 Å². The molecule has 0 aliphatic carbocycles. The van der Waals surface area contributed by atoms with Crippen molar-refractivity contribution in [1.82, 2.24) is 14.9 Å². The van der Waals surface area contributed by atoms with E-state index in [9.17, 15) is 19.2 Å². The molecule has 0 spiro atoms. The lowest BCUT2D eigenvalue weighted by Gasteiger charge is -2.38. The summed E-state index contributed by atoms with van der Waals surface area (Å²) < 4.78 is 0. The number of carbonyl (C=O) groups excluding carboxylic acids is 1. The molecule has 0 bridgehead atoms. The Balaban J connectivity index is 2.04. The summed E-state index contributed by atoms with van der Waals surface area (Å²) in [6.07, 6.45) is 0.00960. The Kier molecular flexibility index (Phi) is 3.00. The second kappa shape index (κ2) is 4.47. The average Bonchev–Trinajstić information content (AvgIpc) is 2.20. The number of nitrogens with zero attached hydrogens (tertiary/aromatic N) is 1. The van der Waals surface area contributed by atoms with Crippen LogP contribution in [0.3, 0.4) is 0 Å². The van der Waals surface area contributed by atoms with Crippen molar-refractivity contribution >= 4 is 11.9 Å². The summed E-state index contributed by atoms with van der Waals surface area (Å²) in [5, 5.41) is 8.57. The number of carboxylic acids is 1. The summed E-state index contributed by atoms with van der Waals surface area (Å²) in [5.41, 5.74) is -1.48. The highest BCUT2D eigenvalue weighted by molar-refractivity contribution is 5.92. The third-order valence-corrected chi connectivity index (χ3v) is 2.70. The topological polar surface area (TPSA) is 123 Å². The normalized spacial score (nSPS) is 15.2. The molecule has 1 aromatic heterocycles. The summed E-state index contributed by atoms with van der Waals surface area (Å²) in [6.45, 7) is 0.639. The maximum atomic E-state index is 11.8. The van der Waals surface area contributed by atoms with Crippen LogP contribution in [-0.2, 0) is 4.79 Å². The first-order chi connectivity index (χ1) is 8.45. The van der Waals surface area contributed by atoms with Gasteiger partial charge < -0.3 is 15.0 Å². The smallest absolute Gasteiger partial charge is 0.326 e. The third-order valence-electron chi connectivity index (χ3n) is 2.70. The molecule has 96 valence electrons. The highest BCUT2D eigenvalue weighted by atomic mass is 16.4. The monoisotopic (exact) mass is 253 g/mol. The number of likely N-dealkylation sites (tertiary alicyclic amines) is 1. The van der Waals surface area contributed by atoms with Gasteiger partial charge in [-0.3, -0.25) is 19.4 Å². The SMILES string of the molecule is O=C(O)CC1CN(C(=O)c2cc(=O)[nH]c(=O)[nH]2)C1. The van der Waals surface area contributed by atoms with Crippen molar-refractivity contribution in [1.29, 1.82) is 0 Å². The first-order valence-corrected chi connectivity index (χ1v) is 5.30. The highest BCUT2D eigenvalue weighted by Crippen LogP contribution is 2.20. The standard InChI is InChI=1S/C10H11N3O5/c14-7-2-6(11-10(18)12-7)9(17)13-3-5(4-13)1-8(15)16/h2,5H,1,3-4H2,(H,15,16)(H2,11,12,14,18). The van der Waals surface area contributed by atoms with Crippen LogP contribution in [0.5, 0.6) is 0 Å². The van der Waals surface area contributed by atoms with Gasteiger partial charge in [-0.1, -0.05) is 0 Å². The molecule has 1 amide bonds. The fraction of sp³-hybridized carbons (Fsp3) is 0.400. The Morgan fingerprint density at radius 1 is 1.33 bits per heavy atom. The number of aromatic nitrogens is 2. The summed E-state index contributed by atoms with van der Waals surface area (Å²) in [7, 11) is 0. The van der Waals surface area contributed by atoms with Crippen LogP contribution in [0.15, 0.2) is 15.7 Å². The van der Waals surface area contributed by atoms with Gasteiger partial charge in [0.15, 0.2) is 0 Å². The van der Waals surface area contributed by atoms with Gasteiger partial charge in [0.1, 0.15) is 5.69 Å². The summed E-state index contributed by atoms with van der Waals surface area (Å²) >= 11 is 0. The van der Waals surface area contributed by atoms with E-state index in [0.29, 0.717) is 13.1 Å². The Hall–Kier alpha value is -2.38. The van der Waals surface area contributed by atoms with Gasteiger partial charge in [0.25, 0.3) is 11.5 Å². The molecule has 2 heterocycles. The van der Waals surface area contributed by atoms with E-state index in [4.69, 9.17) is 5.11 Å². The van der Waals surface area contributed by atoms with Crippen molar-refractivity contribution in [2.24, 2.45) is 5.92 Å². The molecule has 1 aromatic rings. The van der Waals surface area contributed by atoms with Gasteiger partial charge >= 0.3 is 11.7 Å². The molecule has 0 aromatic carbocycles. The molecule has 1 saturated heterocycles. The first kappa shape index (κ1) is 12.1. The second-order valence-electron chi connectivity index (χ2n) is 4.18. The van der Waals surface area contributed by atoms with E-state index < -0.39 is 23.1 Å². The van der Waals surface area contributed by atoms with Crippen molar-refractivity contribution < 1.29 is 14.7 Å². The van der Waals surface area contributed by atoms with E-state index >= 15 is 0 Å². The maximum absolute atomic E-state index is 11.8. The molecule has 0 unspecified atom stereocenters. The van der Waals surface area contributed by atoms with Crippen molar-refractivity contribution in [2.75, 3.05) is 13.1 Å². The Morgan fingerprint density at radius 3 is 2.56 bits per heavy atom. The van der Waals surface area contributed by atoms with Gasteiger partial charge in [0.05, 0.1) is 6.42 Å². The maximum Gasteiger partial charge on any atom is 0.326 e.